The van der Waals surface area contributed by atoms with E-state index in [9.17, 15) is 0 Å². The molecule has 6 nitrogen and oxygen atoms in total. The van der Waals surface area contributed by atoms with Gasteiger partial charge in [0.2, 0.25) is 0 Å². The Morgan fingerprint density at radius 1 is 0.429 bits per heavy atom. The first-order valence-electron chi connectivity index (χ1n) is 26.8. The van der Waals surface area contributed by atoms with Crippen molar-refractivity contribution < 1.29 is 40.2 Å². The molecule has 6 rings (SSSR count). The summed E-state index contributed by atoms with van der Waals surface area (Å²) in [5.74, 6) is 3.58. The minimum Gasteiger partial charge on any atom is -0.289 e. The smallest absolute Gasteiger partial charge is 0.140 e. The molecule has 0 bridgehead atoms. The first kappa shape index (κ1) is 63.1. The molecular weight excluding hydrogens is 1280 g/mol. The Bertz CT molecular complexity index is 2250. The van der Waals surface area contributed by atoms with Crippen LogP contribution in [0.4, 0.5) is 0 Å². The molecule has 0 unspecified atom stereocenters. The predicted octanol–water partition coefficient (Wildman–Crippen LogP) is 17.4. The summed E-state index contributed by atoms with van der Waals surface area (Å²) in [6.07, 6.45) is 30.2. The van der Waals surface area contributed by atoms with Gasteiger partial charge in [0, 0.05) is 67.1 Å². The molecule has 2 aromatic heterocycles. The van der Waals surface area contributed by atoms with Crippen molar-refractivity contribution in [1.29, 1.82) is 0 Å². The van der Waals surface area contributed by atoms with E-state index in [0.717, 1.165) is 64.6 Å². The fourth-order valence-corrected chi connectivity index (χ4v) is 9.19. The standard InChI is InChI=1S/C30H42N3.C19H32.C12H13BrN3.2Ir/c1-5-8-10-12-16-24-20-25(17-13-11-9-6-2)22-28(21-24)26-18-14-19-27(23-26)30-31-29(15-7-3)32-33(30)4;1-4-6-8-10-12-18-14-17(3)15-19(16-18)13-11-9-7-5-2;1-3-5-11-14-12(16(2)15-11)9-6-4-7-10(13)8-9;;/h14,18,20-23H,5-13,15-17H2,1-4H3;14-16H,4-13H2,1-3H3;4,7-8H,3,5H2,1-2H3;;/q-1;;-1;;. The van der Waals surface area contributed by atoms with Gasteiger partial charge in [0.05, 0.1) is 11.6 Å². The maximum atomic E-state index is 4.78. The molecule has 4 aromatic carbocycles. The Balaban J connectivity index is 0.000000387. The second kappa shape index (κ2) is 36.8. The van der Waals surface area contributed by atoms with Crippen LogP contribution >= 0.6 is 15.9 Å². The molecule has 0 aliphatic rings. The summed E-state index contributed by atoms with van der Waals surface area (Å²) in [7, 11) is 3.89. The van der Waals surface area contributed by atoms with Crippen LogP contribution < -0.4 is 0 Å². The van der Waals surface area contributed by atoms with Gasteiger partial charge < -0.3 is 0 Å². The molecule has 388 valence electrons. The molecular formula is C61H87BrIr2N6-2. The maximum absolute atomic E-state index is 4.78. The van der Waals surface area contributed by atoms with Crippen molar-refractivity contribution in [2.24, 2.45) is 14.1 Å². The van der Waals surface area contributed by atoms with Gasteiger partial charge in [-0.15, -0.1) is 65.2 Å². The SMILES string of the molecule is CCCCCCc1cc(C)cc(CCCCCC)c1.CCCCCCc1cc(CCCCCC)cc(-c2cc[c-]c(-c3nc(CCC)nn3C)c2)c1.CCCc1nc(-c2[c-]ccc(Br)c2)n(C)n1.[Ir].[Ir]. The topological polar surface area (TPSA) is 61.4 Å². The van der Waals surface area contributed by atoms with E-state index in [0.29, 0.717) is 0 Å². The van der Waals surface area contributed by atoms with Gasteiger partial charge in [-0.2, -0.15) is 10.2 Å². The first-order valence-corrected chi connectivity index (χ1v) is 27.6. The number of aromatic nitrogens is 6. The van der Waals surface area contributed by atoms with Gasteiger partial charge in [-0.25, -0.2) is 0 Å². The molecule has 0 saturated heterocycles. The summed E-state index contributed by atoms with van der Waals surface area (Å²) in [6.45, 7) is 15.6. The Kier molecular flexibility index (Phi) is 33.1. The third kappa shape index (κ3) is 23.2. The molecule has 0 saturated carbocycles. The van der Waals surface area contributed by atoms with E-state index in [1.165, 1.54) is 156 Å². The Labute approximate surface area is 461 Å². The van der Waals surface area contributed by atoms with Gasteiger partial charge in [-0.3, -0.25) is 19.3 Å². The number of hydrogen-bond acceptors (Lipinski definition) is 4. The normalized spacial score (nSPS) is 10.7. The third-order valence-corrected chi connectivity index (χ3v) is 13.0. The summed E-state index contributed by atoms with van der Waals surface area (Å²) in [6, 6.07) is 33.3. The molecule has 6 aromatic rings. The molecule has 0 aliphatic heterocycles. The Morgan fingerprint density at radius 3 is 1.20 bits per heavy atom. The van der Waals surface area contributed by atoms with Crippen molar-refractivity contribution in [2.45, 2.75) is 203 Å². The number of halogens is 1. The quantitative estimate of drug-likeness (QED) is 0.0381. The molecule has 2 radical (unpaired) electrons. The molecule has 0 atom stereocenters. The van der Waals surface area contributed by atoms with Crippen molar-refractivity contribution >= 4 is 15.9 Å². The van der Waals surface area contributed by atoms with E-state index in [4.69, 9.17) is 4.98 Å². The number of hydrogen-bond donors (Lipinski definition) is 0. The number of rotatable bonds is 27. The van der Waals surface area contributed by atoms with Crippen LogP contribution in [0.25, 0.3) is 33.9 Å². The van der Waals surface area contributed by atoms with Crippen LogP contribution in [-0.2, 0) is 92.8 Å². The van der Waals surface area contributed by atoms with Gasteiger partial charge in [-0.05, 0) is 98.9 Å². The second-order valence-corrected chi connectivity index (χ2v) is 19.9. The van der Waals surface area contributed by atoms with Gasteiger partial charge in [0.15, 0.2) is 0 Å². The summed E-state index contributed by atoms with van der Waals surface area (Å²) < 4.78 is 4.73. The molecule has 0 aliphatic carbocycles. The van der Waals surface area contributed by atoms with Crippen LogP contribution in [0.2, 0.25) is 0 Å². The average Bonchev–Trinajstić information content (AvgIpc) is 3.90. The van der Waals surface area contributed by atoms with Crippen molar-refractivity contribution in [3.8, 4) is 33.9 Å². The zero-order valence-corrected chi connectivity index (χ0v) is 51.0. The average molecular weight is 1370 g/mol. The van der Waals surface area contributed by atoms with Crippen LogP contribution in [0.15, 0.2) is 77.3 Å². The minimum atomic E-state index is 0. The molecule has 2 heterocycles. The first-order chi connectivity index (χ1) is 33.1. The van der Waals surface area contributed by atoms with Crippen molar-refractivity contribution in [3.63, 3.8) is 0 Å². The summed E-state index contributed by atoms with van der Waals surface area (Å²) in [4.78, 5) is 9.29. The van der Waals surface area contributed by atoms with Crippen molar-refractivity contribution in [3.05, 3.63) is 129 Å². The van der Waals surface area contributed by atoms with E-state index in [1.54, 1.807) is 11.1 Å². The zero-order chi connectivity index (χ0) is 48.9. The fourth-order valence-electron chi connectivity index (χ4n) is 8.82. The Hall–Kier alpha value is -3.06. The largest absolute Gasteiger partial charge is 0.289 e. The molecule has 0 amide bonds. The minimum absolute atomic E-state index is 0. The number of unbranched alkanes of at least 4 members (excludes halogenated alkanes) is 12. The zero-order valence-electron chi connectivity index (χ0n) is 44.6. The van der Waals surface area contributed by atoms with Crippen LogP contribution in [-0.4, -0.2) is 29.5 Å². The fraction of sp³-hybridized carbons (Fsp3) is 0.541. The van der Waals surface area contributed by atoms with E-state index in [1.807, 2.05) is 47.7 Å². The number of nitrogens with zero attached hydrogens (tertiary/aromatic N) is 6. The van der Waals surface area contributed by atoms with Crippen LogP contribution in [0, 0.1) is 19.1 Å². The van der Waals surface area contributed by atoms with Crippen molar-refractivity contribution in [1.82, 2.24) is 29.5 Å². The molecule has 9 heteroatoms. The summed E-state index contributed by atoms with van der Waals surface area (Å²) in [5.41, 5.74) is 12.1. The predicted molar refractivity (Wildman–Crippen MR) is 294 cm³/mol. The van der Waals surface area contributed by atoms with E-state index in [2.05, 4.69) is 140 Å². The van der Waals surface area contributed by atoms with Gasteiger partial charge >= 0.3 is 0 Å². The molecule has 0 spiro atoms. The monoisotopic (exact) mass is 1370 g/mol. The molecule has 0 N–H and O–H groups in total. The summed E-state index contributed by atoms with van der Waals surface area (Å²) in [5, 5.41) is 8.97. The maximum Gasteiger partial charge on any atom is 0.140 e. The van der Waals surface area contributed by atoms with Gasteiger partial charge in [0.1, 0.15) is 11.6 Å². The van der Waals surface area contributed by atoms with Gasteiger partial charge in [-0.1, -0.05) is 181 Å². The second-order valence-electron chi connectivity index (χ2n) is 19.0. The Morgan fingerprint density at radius 2 is 0.814 bits per heavy atom. The van der Waals surface area contributed by atoms with E-state index in [-0.39, 0.29) is 40.2 Å². The molecule has 0 fully saturated rings. The van der Waals surface area contributed by atoms with Crippen LogP contribution in [0.3, 0.4) is 0 Å². The summed E-state index contributed by atoms with van der Waals surface area (Å²) >= 11 is 3.44. The molecule has 70 heavy (non-hydrogen) atoms. The van der Waals surface area contributed by atoms with E-state index < -0.39 is 0 Å². The van der Waals surface area contributed by atoms with Crippen LogP contribution in [0.5, 0.6) is 0 Å². The van der Waals surface area contributed by atoms with E-state index >= 15 is 0 Å². The van der Waals surface area contributed by atoms with Crippen molar-refractivity contribution in [2.75, 3.05) is 0 Å². The van der Waals surface area contributed by atoms with Crippen LogP contribution in [0.1, 0.15) is 197 Å². The van der Waals surface area contributed by atoms with Gasteiger partial charge in [0.25, 0.3) is 0 Å². The third-order valence-electron chi connectivity index (χ3n) is 12.5. The number of aryl methyl sites for hydroxylation is 9. The number of benzene rings is 4.